The monoisotopic (exact) mass is 812 g/mol. The first-order valence-electron chi connectivity index (χ1n) is 20.4. The van der Waals surface area contributed by atoms with Crippen molar-refractivity contribution in [2.75, 3.05) is 78.9 Å². The molecule has 0 aliphatic carbocycles. The number of nitrogens with zero attached hydrogens (tertiary/aromatic N) is 2. The number of rotatable bonds is 21. The number of benzene rings is 2. The summed E-state index contributed by atoms with van der Waals surface area (Å²) < 4.78 is 21.5. The number of aliphatic hydroxyl groups excluding tert-OH is 2. The smallest absolute Gasteiger partial charge is 0.407 e. The molecule has 0 saturated carbocycles. The van der Waals surface area contributed by atoms with E-state index in [9.17, 15) is 29.4 Å². The minimum Gasteiger partial charge on any atom is -0.448 e. The van der Waals surface area contributed by atoms with E-state index in [1.807, 2.05) is 60.7 Å². The van der Waals surface area contributed by atoms with E-state index in [1.165, 1.54) is 0 Å². The Balaban J connectivity index is 1.47. The molecule has 2 saturated heterocycles. The standard InChI is InChI=1S/C42H64N6O10/c1-29(2)35(45-41(53)57-25-19-47-15-21-55-22-16-47)39(51)43-33(27-31-11-7-5-8-12-31)37(49)38(50)34(28-32-13-9-6-10-14-32)44-40(52)36(30(3)4)46-42(54)58-26-20-48-17-23-56-24-18-48/h5-14,29-30,33-38,49-50H,15-28H2,1-4H3,(H,43,51)(H,44,52)(H,45,53)(H,46,54)/t33-,34-,35-,36-,37-,38+/m0/s1. The lowest BCUT2D eigenvalue weighted by Gasteiger charge is -2.35. The predicted molar refractivity (Wildman–Crippen MR) is 217 cm³/mol. The van der Waals surface area contributed by atoms with Crippen LogP contribution in [-0.4, -0.2) is 159 Å². The Morgan fingerprint density at radius 1 is 0.586 bits per heavy atom. The van der Waals surface area contributed by atoms with Gasteiger partial charge in [-0.2, -0.15) is 0 Å². The SMILES string of the molecule is CC(C)[C@H](NC(=O)OCCN1CCOCC1)C(=O)N[C@@H](Cc1ccccc1)[C@H](O)[C@H](O)[C@H](Cc1ccccc1)NC(=O)[C@@H](NC(=O)OCCN1CCOCC1)C(C)C. The summed E-state index contributed by atoms with van der Waals surface area (Å²) in [6, 6.07) is 14.2. The first-order valence-corrected chi connectivity index (χ1v) is 20.4. The van der Waals surface area contributed by atoms with Crippen molar-refractivity contribution in [3.63, 3.8) is 0 Å². The predicted octanol–water partition coefficient (Wildman–Crippen LogP) is 1.33. The fourth-order valence-electron chi connectivity index (χ4n) is 6.86. The Morgan fingerprint density at radius 3 is 1.26 bits per heavy atom. The van der Waals surface area contributed by atoms with Gasteiger partial charge in [-0.3, -0.25) is 19.4 Å². The number of alkyl carbamates (subject to hydrolysis) is 2. The summed E-state index contributed by atoms with van der Waals surface area (Å²) in [5.74, 6) is -1.87. The Labute approximate surface area is 342 Å². The molecule has 2 fully saturated rings. The number of nitrogens with one attached hydrogen (secondary N) is 4. The van der Waals surface area contributed by atoms with Crippen molar-refractivity contribution < 1.29 is 48.3 Å². The quantitative estimate of drug-likeness (QED) is 0.106. The Hall–Kier alpha value is -4.32. The molecule has 0 aromatic heterocycles. The van der Waals surface area contributed by atoms with Gasteiger partial charge in [0.1, 0.15) is 37.5 Å². The zero-order chi connectivity index (χ0) is 41.9. The number of amides is 4. The maximum atomic E-state index is 13.9. The highest BCUT2D eigenvalue weighted by Crippen LogP contribution is 2.17. The van der Waals surface area contributed by atoms with Gasteiger partial charge in [-0.15, -0.1) is 0 Å². The van der Waals surface area contributed by atoms with Crippen LogP contribution in [0.15, 0.2) is 60.7 Å². The van der Waals surface area contributed by atoms with E-state index >= 15 is 0 Å². The van der Waals surface area contributed by atoms with Crippen LogP contribution in [0.5, 0.6) is 0 Å². The Bertz CT molecular complexity index is 1410. The molecule has 0 radical (unpaired) electrons. The first-order chi connectivity index (χ1) is 27.9. The van der Waals surface area contributed by atoms with Crippen LogP contribution in [-0.2, 0) is 41.4 Å². The summed E-state index contributed by atoms with van der Waals surface area (Å²) in [6.45, 7) is 13.9. The summed E-state index contributed by atoms with van der Waals surface area (Å²) >= 11 is 0. The van der Waals surface area contributed by atoms with Crippen LogP contribution in [0, 0.1) is 11.8 Å². The summed E-state index contributed by atoms with van der Waals surface area (Å²) in [5.41, 5.74) is 1.55. The van der Waals surface area contributed by atoms with E-state index in [2.05, 4.69) is 31.1 Å². The zero-order valence-corrected chi connectivity index (χ0v) is 34.3. The number of carbonyl (C=O) groups excluding carboxylic acids is 4. The molecule has 2 aliphatic rings. The number of carbonyl (C=O) groups is 4. The summed E-state index contributed by atoms with van der Waals surface area (Å²) in [7, 11) is 0. The molecule has 6 atom stereocenters. The van der Waals surface area contributed by atoms with Gasteiger partial charge < -0.3 is 50.4 Å². The average molecular weight is 813 g/mol. The third-order valence-electron chi connectivity index (χ3n) is 10.4. The first kappa shape index (κ1) is 46.4. The number of hydrogen-bond donors (Lipinski definition) is 6. The molecular formula is C42H64N6O10. The molecule has 4 rings (SSSR count). The number of morpholine rings is 2. The van der Waals surface area contributed by atoms with Crippen molar-refractivity contribution in [3.8, 4) is 0 Å². The van der Waals surface area contributed by atoms with Gasteiger partial charge in [0, 0.05) is 39.3 Å². The van der Waals surface area contributed by atoms with Crippen molar-refractivity contribution in [3.05, 3.63) is 71.8 Å². The van der Waals surface area contributed by atoms with Crippen LogP contribution in [0.4, 0.5) is 9.59 Å². The van der Waals surface area contributed by atoms with Gasteiger partial charge in [0.2, 0.25) is 11.8 Å². The summed E-state index contributed by atoms with van der Waals surface area (Å²) in [4.78, 5) is 57.8. The highest BCUT2D eigenvalue weighted by molar-refractivity contribution is 5.87. The van der Waals surface area contributed by atoms with E-state index < -0.39 is 60.4 Å². The second-order valence-corrected chi connectivity index (χ2v) is 15.5. The van der Waals surface area contributed by atoms with Gasteiger partial charge in [-0.1, -0.05) is 88.4 Å². The average Bonchev–Trinajstić information content (AvgIpc) is 3.22. The third kappa shape index (κ3) is 15.8. The third-order valence-corrected chi connectivity index (χ3v) is 10.4. The molecule has 322 valence electrons. The van der Waals surface area contributed by atoms with Gasteiger partial charge in [-0.25, -0.2) is 9.59 Å². The van der Waals surface area contributed by atoms with Gasteiger partial charge in [0.15, 0.2) is 0 Å². The Kier molecular flexibility index (Phi) is 19.6. The van der Waals surface area contributed by atoms with Crippen molar-refractivity contribution in [1.82, 2.24) is 31.1 Å². The van der Waals surface area contributed by atoms with Crippen molar-refractivity contribution >= 4 is 24.0 Å². The molecule has 2 aliphatic heterocycles. The molecule has 2 heterocycles. The van der Waals surface area contributed by atoms with Crippen molar-refractivity contribution in [1.29, 1.82) is 0 Å². The van der Waals surface area contributed by atoms with E-state index in [0.29, 0.717) is 39.5 Å². The number of hydrogen-bond acceptors (Lipinski definition) is 12. The lowest BCUT2D eigenvalue weighted by molar-refractivity contribution is -0.129. The topological polar surface area (TPSA) is 200 Å². The zero-order valence-electron chi connectivity index (χ0n) is 34.3. The van der Waals surface area contributed by atoms with Crippen LogP contribution in [0.1, 0.15) is 38.8 Å². The maximum absolute atomic E-state index is 13.9. The molecule has 0 bridgehead atoms. The molecule has 2 aromatic rings. The normalized spacial score (nSPS) is 18.3. The maximum Gasteiger partial charge on any atom is 0.407 e. The van der Waals surface area contributed by atoms with E-state index in [1.54, 1.807) is 27.7 Å². The van der Waals surface area contributed by atoms with E-state index in [4.69, 9.17) is 18.9 Å². The molecule has 4 amide bonds. The molecule has 6 N–H and O–H groups in total. The molecule has 0 spiro atoms. The lowest BCUT2D eigenvalue weighted by Crippen LogP contribution is -2.61. The lowest BCUT2D eigenvalue weighted by atomic mass is 9.90. The van der Waals surface area contributed by atoms with Crippen LogP contribution < -0.4 is 21.3 Å². The van der Waals surface area contributed by atoms with E-state index in [-0.39, 0.29) is 37.9 Å². The van der Waals surface area contributed by atoms with Crippen LogP contribution >= 0.6 is 0 Å². The van der Waals surface area contributed by atoms with Crippen LogP contribution in [0.2, 0.25) is 0 Å². The van der Waals surface area contributed by atoms with Crippen LogP contribution in [0.3, 0.4) is 0 Å². The number of aliphatic hydroxyl groups is 2. The molecule has 58 heavy (non-hydrogen) atoms. The molecular weight excluding hydrogens is 748 g/mol. The fraction of sp³-hybridized carbons (Fsp3) is 0.619. The Morgan fingerprint density at radius 2 is 0.931 bits per heavy atom. The van der Waals surface area contributed by atoms with Crippen molar-refractivity contribution in [2.24, 2.45) is 11.8 Å². The van der Waals surface area contributed by atoms with Gasteiger partial charge in [-0.05, 0) is 35.8 Å². The van der Waals surface area contributed by atoms with Crippen molar-refractivity contribution in [2.45, 2.75) is 76.9 Å². The largest absolute Gasteiger partial charge is 0.448 e. The number of ether oxygens (including phenoxy) is 4. The molecule has 16 nitrogen and oxygen atoms in total. The minimum atomic E-state index is -1.60. The minimum absolute atomic E-state index is 0.123. The second-order valence-electron chi connectivity index (χ2n) is 15.5. The molecule has 2 aromatic carbocycles. The fourth-order valence-corrected chi connectivity index (χ4v) is 6.86. The van der Waals surface area contributed by atoms with E-state index in [0.717, 1.165) is 37.3 Å². The highest BCUT2D eigenvalue weighted by Gasteiger charge is 2.38. The molecule has 16 heteroatoms. The second kappa shape index (κ2) is 24.6. The van der Waals surface area contributed by atoms with Crippen LogP contribution in [0.25, 0.3) is 0 Å². The molecule has 0 unspecified atom stereocenters. The summed E-state index contributed by atoms with van der Waals surface area (Å²) in [6.07, 6.45) is -4.44. The van der Waals surface area contributed by atoms with Gasteiger partial charge in [0.05, 0.1) is 38.5 Å². The highest BCUT2D eigenvalue weighted by atomic mass is 16.6. The summed E-state index contributed by atoms with van der Waals surface area (Å²) in [5, 5.41) is 35.0. The van der Waals surface area contributed by atoms with Gasteiger partial charge >= 0.3 is 12.2 Å². The van der Waals surface area contributed by atoms with Gasteiger partial charge in [0.25, 0.3) is 0 Å².